The van der Waals surface area contributed by atoms with Gasteiger partial charge in [0.2, 0.25) is 0 Å². The van der Waals surface area contributed by atoms with Crippen LogP contribution in [0.3, 0.4) is 0 Å². The third-order valence-electron chi connectivity index (χ3n) is 3.23. The Morgan fingerprint density at radius 3 is 2.58 bits per heavy atom. The number of hydrogen-bond acceptors (Lipinski definition) is 6. The summed E-state index contributed by atoms with van der Waals surface area (Å²) in [6, 6.07) is 3.59. The second-order valence-electron chi connectivity index (χ2n) is 5.08. The molecule has 0 bridgehead atoms. The van der Waals surface area contributed by atoms with Crippen LogP contribution in [-0.4, -0.2) is 40.5 Å². The number of rotatable bonds is 8. The summed E-state index contributed by atoms with van der Waals surface area (Å²) in [4.78, 5) is 45.0. The second kappa shape index (κ2) is 8.61. The molecule has 0 aliphatic carbocycles. The van der Waals surface area contributed by atoms with Crippen LogP contribution in [0.1, 0.15) is 30.6 Å². The molecular formula is C15H18N2O7. The lowest BCUT2D eigenvalue weighted by Gasteiger charge is -2.20. The van der Waals surface area contributed by atoms with E-state index in [9.17, 15) is 29.6 Å². The fourth-order valence-electron chi connectivity index (χ4n) is 2.03. The van der Waals surface area contributed by atoms with Gasteiger partial charge in [0.15, 0.2) is 0 Å². The largest absolute Gasteiger partial charge is 0.480 e. The van der Waals surface area contributed by atoms with Crippen molar-refractivity contribution in [1.82, 2.24) is 5.32 Å². The van der Waals surface area contributed by atoms with Crippen LogP contribution >= 0.6 is 0 Å². The molecule has 2 N–H and O–H groups in total. The van der Waals surface area contributed by atoms with E-state index in [-0.39, 0.29) is 24.3 Å². The summed E-state index contributed by atoms with van der Waals surface area (Å²) in [6.45, 7) is 3.29. The van der Waals surface area contributed by atoms with Crippen LogP contribution in [0.25, 0.3) is 0 Å². The number of aliphatic carboxylic acids is 1. The predicted molar refractivity (Wildman–Crippen MR) is 82.4 cm³/mol. The number of benzene rings is 1. The summed E-state index contributed by atoms with van der Waals surface area (Å²) in [5, 5.41) is 22.3. The Bertz CT molecular complexity index is 644. The number of carboxylic acid groups (broad SMARTS) is 1. The number of carbonyl (C=O) groups excluding carboxylic acids is 2. The van der Waals surface area contributed by atoms with Crippen molar-refractivity contribution in [3.63, 3.8) is 0 Å². The van der Waals surface area contributed by atoms with E-state index in [0.29, 0.717) is 0 Å². The quantitative estimate of drug-likeness (QED) is 0.415. The highest BCUT2D eigenvalue weighted by Gasteiger charge is 2.29. The Balaban J connectivity index is 2.86. The number of nitro groups is 1. The maximum absolute atomic E-state index is 12.1. The maximum atomic E-state index is 12.1. The van der Waals surface area contributed by atoms with Gasteiger partial charge in [-0.25, -0.2) is 4.79 Å². The van der Waals surface area contributed by atoms with Crippen LogP contribution in [-0.2, 0) is 14.3 Å². The molecule has 1 rings (SSSR count). The molecule has 0 unspecified atom stereocenters. The van der Waals surface area contributed by atoms with Gasteiger partial charge in [-0.05, 0) is 18.9 Å². The van der Waals surface area contributed by atoms with Crippen molar-refractivity contribution < 1.29 is 29.2 Å². The van der Waals surface area contributed by atoms with Gasteiger partial charge >= 0.3 is 11.9 Å². The van der Waals surface area contributed by atoms with Gasteiger partial charge in [0, 0.05) is 17.7 Å². The molecule has 0 aliphatic heterocycles. The van der Waals surface area contributed by atoms with Crippen molar-refractivity contribution in [2.24, 2.45) is 5.92 Å². The fourth-order valence-corrected chi connectivity index (χ4v) is 2.03. The molecule has 0 spiro atoms. The summed E-state index contributed by atoms with van der Waals surface area (Å²) in [5.74, 6) is -3.38. The average molecular weight is 338 g/mol. The number of nitrogens with zero attached hydrogens (tertiary/aromatic N) is 1. The molecule has 0 radical (unpaired) electrons. The molecule has 0 aliphatic rings. The normalized spacial score (nSPS) is 12.8. The number of carbonyl (C=O) groups is 3. The zero-order chi connectivity index (χ0) is 18.3. The van der Waals surface area contributed by atoms with E-state index in [1.54, 1.807) is 6.92 Å². The highest BCUT2D eigenvalue weighted by Crippen LogP contribution is 2.15. The maximum Gasteiger partial charge on any atom is 0.326 e. The summed E-state index contributed by atoms with van der Waals surface area (Å²) < 4.78 is 4.75. The first-order valence-electron chi connectivity index (χ1n) is 7.20. The van der Waals surface area contributed by atoms with Gasteiger partial charge in [-0.15, -0.1) is 0 Å². The third-order valence-corrected chi connectivity index (χ3v) is 3.23. The molecule has 0 saturated heterocycles. The first-order valence-corrected chi connectivity index (χ1v) is 7.20. The van der Waals surface area contributed by atoms with E-state index in [1.807, 2.05) is 0 Å². The van der Waals surface area contributed by atoms with Gasteiger partial charge in [0.05, 0.1) is 18.0 Å². The molecule has 1 aromatic rings. The van der Waals surface area contributed by atoms with Gasteiger partial charge in [-0.2, -0.15) is 0 Å². The molecule has 1 amide bonds. The number of nitro benzene ring substituents is 1. The summed E-state index contributed by atoms with van der Waals surface area (Å²) in [5.41, 5.74) is -0.326. The Labute approximate surface area is 137 Å². The molecule has 9 nitrogen and oxygen atoms in total. The molecule has 0 fully saturated rings. The molecule has 0 heterocycles. The Kier molecular flexibility index (Phi) is 6.84. The van der Waals surface area contributed by atoms with Crippen LogP contribution in [0.4, 0.5) is 5.69 Å². The van der Waals surface area contributed by atoms with Gasteiger partial charge < -0.3 is 15.2 Å². The van der Waals surface area contributed by atoms with Gasteiger partial charge in [0.25, 0.3) is 11.6 Å². The minimum absolute atomic E-state index is 0.0428. The number of hydrogen-bond donors (Lipinski definition) is 2. The Hall–Kier alpha value is -2.97. The molecule has 24 heavy (non-hydrogen) atoms. The van der Waals surface area contributed by atoms with Crippen molar-refractivity contribution in [3.05, 3.63) is 39.9 Å². The number of amides is 1. The van der Waals surface area contributed by atoms with Gasteiger partial charge in [0.1, 0.15) is 6.04 Å². The molecule has 0 aromatic heterocycles. The van der Waals surface area contributed by atoms with Crippen molar-refractivity contribution in [3.8, 4) is 0 Å². The molecule has 130 valence electrons. The smallest absolute Gasteiger partial charge is 0.326 e. The van der Waals surface area contributed by atoms with Crippen LogP contribution in [0.15, 0.2) is 24.3 Å². The Morgan fingerprint density at radius 2 is 2.04 bits per heavy atom. The predicted octanol–water partition coefficient (Wildman–Crippen LogP) is 1.37. The fraction of sp³-hybridized carbons (Fsp3) is 0.400. The summed E-state index contributed by atoms with van der Waals surface area (Å²) in [6.07, 6.45) is -0.181. The van der Waals surface area contributed by atoms with E-state index in [2.05, 4.69) is 5.32 Å². The minimum Gasteiger partial charge on any atom is -0.480 e. The van der Waals surface area contributed by atoms with Crippen molar-refractivity contribution in [2.75, 3.05) is 6.61 Å². The van der Waals surface area contributed by atoms with E-state index in [1.165, 1.54) is 25.1 Å². The van der Waals surface area contributed by atoms with Crippen LogP contribution in [0, 0.1) is 16.0 Å². The number of carboxylic acids is 1. The third kappa shape index (κ3) is 5.34. The number of ether oxygens (including phenoxy) is 1. The highest BCUT2D eigenvalue weighted by atomic mass is 16.6. The molecule has 1 aromatic carbocycles. The second-order valence-corrected chi connectivity index (χ2v) is 5.08. The van der Waals surface area contributed by atoms with Crippen molar-refractivity contribution in [2.45, 2.75) is 26.3 Å². The molecular weight excluding hydrogens is 320 g/mol. The van der Waals surface area contributed by atoms with Gasteiger partial charge in [-0.3, -0.25) is 19.7 Å². The standard InChI is InChI=1S/C15H18N2O7/c1-3-24-12(18)7-9(2)13(15(20)21)16-14(19)10-5-4-6-11(8-10)17(22)23/h4-6,8-9,13H,3,7H2,1-2H3,(H,16,19)(H,20,21)/t9-,13+/m1/s1. The lowest BCUT2D eigenvalue weighted by Crippen LogP contribution is -2.45. The van der Waals surface area contributed by atoms with E-state index >= 15 is 0 Å². The van der Waals surface area contributed by atoms with Gasteiger partial charge in [-0.1, -0.05) is 13.0 Å². The molecule has 9 heteroatoms. The van der Waals surface area contributed by atoms with Crippen LogP contribution in [0.5, 0.6) is 0 Å². The molecule has 2 atom stereocenters. The van der Waals surface area contributed by atoms with Crippen LogP contribution < -0.4 is 5.32 Å². The molecule has 0 saturated carbocycles. The number of non-ortho nitro benzene ring substituents is 1. The van der Waals surface area contributed by atoms with E-state index in [4.69, 9.17) is 4.74 Å². The number of nitrogens with one attached hydrogen (secondary N) is 1. The Morgan fingerprint density at radius 1 is 1.38 bits per heavy atom. The zero-order valence-electron chi connectivity index (χ0n) is 13.2. The lowest BCUT2D eigenvalue weighted by atomic mass is 9.98. The number of esters is 1. The average Bonchev–Trinajstić information content (AvgIpc) is 2.52. The van der Waals surface area contributed by atoms with E-state index in [0.717, 1.165) is 6.07 Å². The lowest BCUT2D eigenvalue weighted by molar-refractivity contribution is -0.384. The minimum atomic E-state index is -1.33. The SMILES string of the molecule is CCOC(=O)C[C@@H](C)[C@H](NC(=O)c1cccc([N+](=O)[O-])c1)C(=O)O. The van der Waals surface area contributed by atoms with Crippen LogP contribution in [0.2, 0.25) is 0 Å². The van der Waals surface area contributed by atoms with Crippen molar-refractivity contribution >= 4 is 23.5 Å². The zero-order valence-corrected chi connectivity index (χ0v) is 13.2. The first-order chi connectivity index (χ1) is 11.3. The van der Waals surface area contributed by atoms with Crippen molar-refractivity contribution in [1.29, 1.82) is 0 Å². The summed E-state index contributed by atoms with van der Waals surface area (Å²) in [7, 11) is 0. The summed E-state index contributed by atoms with van der Waals surface area (Å²) >= 11 is 0. The monoisotopic (exact) mass is 338 g/mol. The first kappa shape index (κ1) is 19.1. The van der Waals surface area contributed by atoms with E-state index < -0.39 is 34.7 Å². The topological polar surface area (TPSA) is 136 Å². The highest BCUT2D eigenvalue weighted by molar-refractivity contribution is 5.97.